The van der Waals surface area contributed by atoms with Gasteiger partial charge in [0.15, 0.2) is 0 Å². The molecule has 1 atom stereocenters. The van der Waals surface area contributed by atoms with Crippen LogP contribution in [0.5, 0.6) is 5.75 Å². The van der Waals surface area contributed by atoms with Crippen LogP contribution in [0.2, 0.25) is 0 Å². The molecule has 2 N–H and O–H groups in total. The number of aliphatic hydroxyl groups is 1. The van der Waals surface area contributed by atoms with Gasteiger partial charge in [-0.25, -0.2) is 0 Å². The van der Waals surface area contributed by atoms with Crippen molar-refractivity contribution in [2.45, 2.75) is 31.4 Å². The monoisotopic (exact) mass is 327 g/mol. The molecule has 3 rings (SSSR count). The highest BCUT2D eigenvalue weighted by molar-refractivity contribution is 5.78. The number of nitrogens with one attached hydrogen (secondary N) is 1. The summed E-state index contributed by atoms with van der Waals surface area (Å²) in [4.78, 5) is 20.8. The second-order valence-electron chi connectivity index (χ2n) is 6.09. The van der Waals surface area contributed by atoms with E-state index in [1.165, 1.54) is 0 Å². The molecule has 0 saturated heterocycles. The second-order valence-corrected chi connectivity index (χ2v) is 6.09. The Morgan fingerprint density at radius 1 is 1.42 bits per heavy atom. The second kappa shape index (κ2) is 7.40. The summed E-state index contributed by atoms with van der Waals surface area (Å²) in [5, 5.41) is 12.7. The van der Waals surface area contributed by atoms with Crippen LogP contribution in [-0.2, 0) is 11.2 Å². The molecule has 0 aromatic carbocycles. The van der Waals surface area contributed by atoms with Crippen molar-refractivity contribution in [1.29, 1.82) is 0 Å². The van der Waals surface area contributed by atoms with Crippen LogP contribution in [0, 0.1) is 5.92 Å². The lowest BCUT2D eigenvalue weighted by atomic mass is 9.75. The highest BCUT2D eigenvalue weighted by atomic mass is 16.5. The van der Waals surface area contributed by atoms with Gasteiger partial charge in [-0.1, -0.05) is 6.07 Å². The van der Waals surface area contributed by atoms with Gasteiger partial charge >= 0.3 is 0 Å². The maximum Gasteiger partial charge on any atom is 0.226 e. The van der Waals surface area contributed by atoms with Crippen molar-refractivity contribution in [2.75, 3.05) is 7.11 Å². The van der Waals surface area contributed by atoms with Gasteiger partial charge in [0.05, 0.1) is 31.9 Å². The maximum atomic E-state index is 12.4. The highest BCUT2D eigenvalue weighted by Gasteiger charge is 2.36. The zero-order valence-corrected chi connectivity index (χ0v) is 13.6. The van der Waals surface area contributed by atoms with Crippen LogP contribution in [0.15, 0.2) is 42.9 Å². The number of carbonyl (C=O) groups is 1. The summed E-state index contributed by atoms with van der Waals surface area (Å²) < 4.78 is 5.22. The molecule has 0 radical (unpaired) electrons. The summed E-state index contributed by atoms with van der Waals surface area (Å²) >= 11 is 0. The first-order chi connectivity index (χ1) is 11.7. The Morgan fingerprint density at radius 2 is 2.25 bits per heavy atom. The predicted octanol–water partition coefficient (Wildman–Crippen LogP) is 1.66. The Morgan fingerprint density at radius 3 is 2.92 bits per heavy atom. The lowest BCUT2D eigenvalue weighted by molar-refractivity contribution is -0.122. The molecular weight excluding hydrogens is 306 g/mol. The molecule has 1 amide bonds. The number of aromatic nitrogens is 2. The topological polar surface area (TPSA) is 84.3 Å². The average molecular weight is 327 g/mol. The number of amides is 1. The molecule has 2 aromatic heterocycles. The summed E-state index contributed by atoms with van der Waals surface area (Å²) in [5.74, 6) is 0.751. The standard InChI is InChI=1S/C18H21N3O3/c1-24-16-8-13(10-19-11-16)18(12-6-15(22)7-12)21-17(23)9-14-4-2-3-5-20-14/h2-5,8,10-12,15,18,22H,6-7,9H2,1H3,(H,21,23)/t12?,15?,18-/m0/s1. The number of rotatable bonds is 6. The molecule has 2 heterocycles. The lowest BCUT2D eigenvalue weighted by Crippen LogP contribution is -2.42. The van der Waals surface area contributed by atoms with Gasteiger partial charge in [-0.15, -0.1) is 0 Å². The number of hydrogen-bond acceptors (Lipinski definition) is 5. The zero-order valence-electron chi connectivity index (χ0n) is 13.6. The summed E-state index contributed by atoms with van der Waals surface area (Å²) in [6.45, 7) is 0. The molecule has 1 aliphatic carbocycles. The fourth-order valence-corrected chi connectivity index (χ4v) is 2.98. The Balaban J connectivity index is 1.73. The van der Waals surface area contributed by atoms with Gasteiger partial charge in [0, 0.05) is 18.1 Å². The van der Waals surface area contributed by atoms with Crippen molar-refractivity contribution in [3.63, 3.8) is 0 Å². The fraction of sp³-hybridized carbons (Fsp3) is 0.389. The molecule has 1 saturated carbocycles. The van der Waals surface area contributed by atoms with Crippen molar-refractivity contribution < 1.29 is 14.6 Å². The van der Waals surface area contributed by atoms with E-state index in [2.05, 4.69) is 15.3 Å². The van der Waals surface area contributed by atoms with E-state index < -0.39 is 0 Å². The molecule has 0 spiro atoms. The van der Waals surface area contributed by atoms with E-state index in [1.54, 1.807) is 25.7 Å². The molecule has 0 bridgehead atoms. The quantitative estimate of drug-likeness (QED) is 0.843. The largest absolute Gasteiger partial charge is 0.495 e. The molecule has 126 valence electrons. The van der Waals surface area contributed by atoms with Crippen LogP contribution in [0.4, 0.5) is 0 Å². The van der Waals surface area contributed by atoms with Gasteiger partial charge in [0.2, 0.25) is 5.91 Å². The average Bonchev–Trinajstić information content (AvgIpc) is 2.58. The minimum atomic E-state index is -0.288. The molecule has 6 heteroatoms. The predicted molar refractivity (Wildman–Crippen MR) is 88.3 cm³/mol. The van der Waals surface area contributed by atoms with Crippen LogP contribution in [0.1, 0.15) is 30.1 Å². The van der Waals surface area contributed by atoms with E-state index >= 15 is 0 Å². The Hall–Kier alpha value is -2.47. The normalized spacial score (nSPS) is 20.8. The van der Waals surface area contributed by atoms with Gasteiger partial charge in [0.25, 0.3) is 0 Å². The van der Waals surface area contributed by atoms with Crippen molar-refractivity contribution in [3.05, 3.63) is 54.1 Å². The summed E-state index contributed by atoms with van der Waals surface area (Å²) in [5.41, 5.74) is 1.62. The molecule has 2 aromatic rings. The first-order valence-corrected chi connectivity index (χ1v) is 8.02. The van der Waals surface area contributed by atoms with E-state index in [-0.39, 0.29) is 30.4 Å². The van der Waals surface area contributed by atoms with Crippen LogP contribution in [0.25, 0.3) is 0 Å². The van der Waals surface area contributed by atoms with Gasteiger partial charge in [0.1, 0.15) is 5.75 Å². The number of nitrogens with zero attached hydrogens (tertiary/aromatic N) is 2. The fourth-order valence-electron chi connectivity index (χ4n) is 2.98. The maximum absolute atomic E-state index is 12.4. The van der Waals surface area contributed by atoms with Crippen LogP contribution < -0.4 is 10.1 Å². The number of ether oxygens (including phenoxy) is 1. The van der Waals surface area contributed by atoms with Gasteiger partial charge in [-0.05, 0) is 42.5 Å². The number of carbonyl (C=O) groups excluding carboxylic acids is 1. The van der Waals surface area contributed by atoms with Crippen LogP contribution in [0.3, 0.4) is 0 Å². The molecule has 1 aliphatic rings. The van der Waals surface area contributed by atoms with E-state index in [0.29, 0.717) is 18.6 Å². The van der Waals surface area contributed by atoms with Gasteiger partial charge in [-0.2, -0.15) is 0 Å². The molecule has 1 fully saturated rings. The Kier molecular flexibility index (Phi) is 5.05. The van der Waals surface area contributed by atoms with E-state index in [0.717, 1.165) is 11.3 Å². The minimum Gasteiger partial charge on any atom is -0.495 e. The summed E-state index contributed by atoms with van der Waals surface area (Å²) in [6.07, 6.45) is 6.32. The molecule has 0 aliphatic heterocycles. The number of hydrogen-bond donors (Lipinski definition) is 2. The first kappa shape index (κ1) is 16.4. The zero-order chi connectivity index (χ0) is 16.9. The smallest absolute Gasteiger partial charge is 0.226 e. The van der Waals surface area contributed by atoms with Crippen molar-refractivity contribution in [1.82, 2.24) is 15.3 Å². The van der Waals surface area contributed by atoms with Crippen LogP contribution >= 0.6 is 0 Å². The molecule has 24 heavy (non-hydrogen) atoms. The van der Waals surface area contributed by atoms with Gasteiger partial charge in [-0.3, -0.25) is 14.8 Å². The van der Waals surface area contributed by atoms with Crippen LogP contribution in [-0.4, -0.2) is 34.2 Å². The summed E-state index contributed by atoms with van der Waals surface area (Å²) in [6, 6.07) is 7.20. The van der Waals surface area contributed by atoms with Crippen molar-refractivity contribution in [3.8, 4) is 5.75 Å². The third kappa shape index (κ3) is 3.89. The van der Waals surface area contributed by atoms with Crippen molar-refractivity contribution >= 4 is 5.91 Å². The lowest BCUT2D eigenvalue weighted by Gasteiger charge is -2.38. The third-order valence-electron chi connectivity index (χ3n) is 4.33. The molecule has 0 unspecified atom stereocenters. The first-order valence-electron chi connectivity index (χ1n) is 8.02. The van der Waals surface area contributed by atoms with E-state index in [4.69, 9.17) is 4.74 Å². The number of aliphatic hydroxyl groups excluding tert-OH is 1. The molecular formula is C18H21N3O3. The summed E-state index contributed by atoms with van der Waals surface area (Å²) in [7, 11) is 1.59. The SMILES string of the molecule is COc1cncc([C@@H](NC(=O)Cc2ccccn2)C2CC(O)C2)c1. The minimum absolute atomic E-state index is 0.0945. The number of methoxy groups -OCH3 is 1. The highest BCUT2D eigenvalue weighted by Crippen LogP contribution is 2.38. The molecule has 6 nitrogen and oxygen atoms in total. The van der Waals surface area contributed by atoms with Gasteiger partial charge < -0.3 is 15.2 Å². The Labute approximate surface area is 140 Å². The third-order valence-corrected chi connectivity index (χ3v) is 4.33. The van der Waals surface area contributed by atoms with E-state index in [1.807, 2.05) is 24.3 Å². The van der Waals surface area contributed by atoms with E-state index in [9.17, 15) is 9.90 Å². The Bertz CT molecular complexity index is 687. The number of pyridine rings is 2. The van der Waals surface area contributed by atoms with Crippen molar-refractivity contribution in [2.24, 2.45) is 5.92 Å².